The van der Waals surface area contributed by atoms with E-state index in [0.717, 1.165) is 6.54 Å². The number of carbonyl (C=O) groups excluding carboxylic acids is 1. The van der Waals surface area contributed by atoms with Crippen molar-refractivity contribution in [3.63, 3.8) is 0 Å². The first-order valence-corrected chi connectivity index (χ1v) is 3.56. The Kier molecular flexibility index (Phi) is 5.78. The Bertz CT molecular complexity index is 117. The Morgan fingerprint density at radius 2 is 2.27 bits per heavy atom. The van der Waals surface area contributed by atoms with Gasteiger partial charge in [0.05, 0.1) is 6.61 Å². The van der Waals surface area contributed by atoms with E-state index >= 15 is 0 Å². The number of hydrogen-bond donors (Lipinski definition) is 2. The summed E-state index contributed by atoms with van der Waals surface area (Å²) >= 11 is 0. The maximum Gasteiger partial charge on any atom is 0.220 e. The largest absolute Gasteiger partial charge is 0.395 e. The molecule has 0 rings (SSSR count). The number of aliphatic hydroxyl groups excluding tert-OH is 1. The Labute approximate surface area is 67.2 Å². The van der Waals surface area contributed by atoms with Gasteiger partial charge >= 0.3 is 0 Å². The zero-order valence-corrected chi connectivity index (χ0v) is 6.84. The second-order valence-corrected chi connectivity index (χ2v) is 2.38. The third kappa shape index (κ3) is 7.29. The molecule has 0 saturated carbocycles. The molecule has 0 aromatic heterocycles. The highest BCUT2D eigenvalue weighted by molar-refractivity contribution is 5.79. The van der Waals surface area contributed by atoms with E-state index < -0.39 is 0 Å². The highest BCUT2D eigenvalue weighted by atomic mass is 16.3. The Morgan fingerprint density at radius 3 is 2.73 bits per heavy atom. The van der Waals surface area contributed by atoms with Gasteiger partial charge < -0.3 is 15.3 Å². The van der Waals surface area contributed by atoms with E-state index in [1.165, 1.54) is 0 Å². The van der Waals surface area contributed by atoms with Crippen LogP contribution in [0, 0.1) is 6.92 Å². The van der Waals surface area contributed by atoms with Crippen molar-refractivity contribution in [2.45, 2.75) is 0 Å². The number of carbonyl (C=O) groups is 1. The number of hydrogen-bond acceptors (Lipinski definition) is 3. The molecule has 0 bridgehead atoms. The standard InChI is InChI=1S/C7H15N2O2/c1-7(11)8-3-4-9(2)5-6-10/h10H,1,3-6H2,2H3,(H,8,11). The van der Waals surface area contributed by atoms with Crippen molar-refractivity contribution in [2.24, 2.45) is 0 Å². The quantitative estimate of drug-likeness (QED) is 0.533. The molecule has 0 saturated heterocycles. The van der Waals surface area contributed by atoms with Crippen LogP contribution in [-0.2, 0) is 4.79 Å². The minimum absolute atomic E-state index is 0.148. The minimum atomic E-state index is -0.262. The highest BCUT2D eigenvalue weighted by Crippen LogP contribution is 1.77. The van der Waals surface area contributed by atoms with Crippen molar-refractivity contribution in [3.05, 3.63) is 6.92 Å². The van der Waals surface area contributed by atoms with Crippen LogP contribution in [0.1, 0.15) is 0 Å². The number of rotatable bonds is 5. The first-order chi connectivity index (χ1) is 5.16. The van der Waals surface area contributed by atoms with Crippen LogP contribution in [0.5, 0.6) is 0 Å². The van der Waals surface area contributed by atoms with Crippen molar-refractivity contribution in [3.8, 4) is 0 Å². The molecule has 0 spiro atoms. The van der Waals surface area contributed by atoms with Crippen LogP contribution in [0.25, 0.3) is 0 Å². The summed E-state index contributed by atoms with van der Waals surface area (Å²) in [5, 5.41) is 11.1. The number of likely N-dealkylation sites (N-methyl/N-ethyl adjacent to an activating group) is 1. The molecular weight excluding hydrogens is 144 g/mol. The molecule has 0 aliphatic carbocycles. The minimum Gasteiger partial charge on any atom is -0.395 e. The molecule has 0 aromatic rings. The van der Waals surface area contributed by atoms with E-state index in [4.69, 9.17) is 5.11 Å². The van der Waals surface area contributed by atoms with Crippen molar-refractivity contribution in [1.29, 1.82) is 0 Å². The summed E-state index contributed by atoms with van der Waals surface area (Å²) in [6, 6.07) is 0. The number of nitrogens with one attached hydrogen (secondary N) is 1. The molecule has 1 radical (unpaired) electrons. The van der Waals surface area contributed by atoms with E-state index in [1.807, 2.05) is 11.9 Å². The monoisotopic (exact) mass is 159 g/mol. The lowest BCUT2D eigenvalue weighted by atomic mass is 10.5. The molecule has 0 unspecified atom stereocenters. The van der Waals surface area contributed by atoms with Crippen LogP contribution in [0.4, 0.5) is 0 Å². The Hall–Kier alpha value is -0.610. The zero-order valence-electron chi connectivity index (χ0n) is 6.84. The summed E-state index contributed by atoms with van der Waals surface area (Å²) < 4.78 is 0. The predicted octanol–water partition coefficient (Wildman–Crippen LogP) is -1.14. The molecular formula is C7H15N2O2. The summed E-state index contributed by atoms with van der Waals surface area (Å²) in [4.78, 5) is 12.2. The van der Waals surface area contributed by atoms with Crippen molar-refractivity contribution in [1.82, 2.24) is 10.2 Å². The molecule has 1 amide bonds. The van der Waals surface area contributed by atoms with Crippen LogP contribution >= 0.6 is 0 Å². The smallest absolute Gasteiger partial charge is 0.220 e. The van der Waals surface area contributed by atoms with E-state index in [2.05, 4.69) is 12.2 Å². The average Bonchev–Trinajstić information content (AvgIpc) is 1.87. The third-order valence-corrected chi connectivity index (χ3v) is 1.30. The van der Waals surface area contributed by atoms with E-state index in [9.17, 15) is 4.79 Å². The van der Waals surface area contributed by atoms with Crippen LogP contribution in [0.3, 0.4) is 0 Å². The van der Waals surface area contributed by atoms with Gasteiger partial charge in [0.2, 0.25) is 5.91 Å². The predicted molar refractivity (Wildman–Crippen MR) is 42.9 cm³/mol. The fraction of sp³-hybridized carbons (Fsp3) is 0.714. The summed E-state index contributed by atoms with van der Waals surface area (Å²) in [7, 11) is 1.88. The van der Waals surface area contributed by atoms with Crippen LogP contribution in [0.15, 0.2) is 0 Å². The maximum absolute atomic E-state index is 10.3. The molecule has 65 valence electrons. The lowest BCUT2D eigenvalue weighted by Gasteiger charge is -2.14. The molecule has 0 heterocycles. The fourth-order valence-electron chi connectivity index (χ4n) is 0.669. The maximum atomic E-state index is 10.3. The van der Waals surface area contributed by atoms with E-state index in [1.54, 1.807) is 0 Å². The summed E-state index contributed by atoms with van der Waals surface area (Å²) in [6.07, 6.45) is 0. The molecule has 4 nitrogen and oxygen atoms in total. The SMILES string of the molecule is [CH2]C(=O)NCCN(C)CCO. The molecule has 0 fully saturated rings. The Morgan fingerprint density at radius 1 is 1.64 bits per heavy atom. The van der Waals surface area contributed by atoms with Gasteiger partial charge in [0, 0.05) is 26.6 Å². The van der Waals surface area contributed by atoms with Gasteiger partial charge in [-0.2, -0.15) is 0 Å². The van der Waals surface area contributed by atoms with Gasteiger partial charge in [-0.1, -0.05) is 0 Å². The molecule has 0 aromatic carbocycles. The molecule has 0 aliphatic heterocycles. The van der Waals surface area contributed by atoms with Crippen molar-refractivity contribution < 1.29 is 9.90 Å². The third-order valence-electron chi connectivity index (χ3n) is 1.30. The average molecular weight is 159 g/mol. The summed E-state index contributed by atoms with van der Waals surface area (Å²) in [5.41, 5.74) is 0. The number of nitrogens with zero attached hydrogens (tertiary/aromatic N) is 1. The van der Waals surface area contributed by atoms with Gasteiger partial charge in [0.25, 0.3) is 0 Å². The second kappa shape index (κ2) is 6.12. The zero-order chi connectivity index (χ0) is 8.69. The van der Waals surface area contributed by atoms with E-state index in [0.29, 0.717) is 13.1 Å². The van der Waals surface area contributed by atoms with Gasteiger partial charge in [0.1, 0.15) is 0 Å². The number of amides is 1. The van der Waals surface area contributed by atoms with Gasteiger partial charge in [-0.15, -0.1) is 0 Å². The van der Waals surface area contributed by atoms with Gasteiger partial charge in [-0.25, -0.2) is 0 Å². The van der Waals surface area contributed by atoms with Gasteiger partial charge in [-0.05, 0) is 7.05 Å². The van der Waals surface area contributed by atoms with Crippen LogP contribution in [0.2, 0.25) is 0 Å². The van der Waals surface area contributed by atoms with Crippen LogP contribution in [-0.4, -0.2) is 49.2 Å². The highest BCUT2D eigenvalue weighted by Gasteiger charge is 1.96. The van der Waals surface area contributed by atoms with Gasteiger partial charge in [-0.3, -0.25) is 4.79 Å². The molecule has 2 N–H and O–H groups in total. The molecule has 11 heavy (non-hydrogen) atoms. The van der Waals surface area contributed by atoms with Crippen LogP contribution < -0.4 is 5.32 Å². The summed E-state index contributed by atoms with van der Waals surface area (Å²) in [5.74, 6) is -0.262. The first-order valence-electron chi connectivity index (χ1n) is 3.56. The first kappa shape index (κ1) is 10.4. The topological polar surface area (TPSA) is 52.6 Å². The molecule has 0 atom stereocenters. The van der Waals surface area contributed by atoms with Crippen molar-refractivity contribution >= 4 is 5.91 Å². The fourth-order valence-corrected chi connectivity index (χ4v) is 0.669. The number of aliphatic hydroxyl groups is 1. The molecule has 0 aliphatic rings. The van der Waals surface area contributed by atoms with Gasteiger partial charge in [0.15, 0.2) is 0 Å². The molecule has 4 heteroatoms. The van der Waals surface area contributed by atoms with Crippen molar-refractivity contribution in [2.75, 3.05) is 33.3 Å². The van der Waals surface area contributed by atoms with E-state index in [-0.39, 0.29) is 12.5 Å². The lowest BCUT2D eigenvalue weighted by Crippen LogP contribution is -2.33. The Balaban J connectivity index is 3.16. The summed E-state index contributed by atoms with van der Waals surface area (Å²) in [6.45, 7) is 5.26. The normalized spacial score (nSPS) is 10.2. The lowest BCUT2D eigenvalue weighted by molar-refractivity contribution is -0.116. The second-order valence-electron chi connectivity index (χ2n) is 2.38.